The summed E-state index contributed by atoms with van der Waals surface area (Å²) in [5, 5.41) is 4.95. The molecule has 0 radical (unpaired) electrons. The Labute approximate surface area is 118 Å². The van der Waals surface area contributed by atoms with Crippen molar-refractivity contribution >= 4 is 28.9 Å². The van der Waals surface area contributed by atoms with Gasteiger partial charge in [-0.15, -0.1) is 0 Å². The number of anilines is 1. The van der Waals surface area contributed by atoms with Gasteiger partial charge in [-0.25, -0.2) is 0 Å². The summed E-state index contributed by atoms with van der Waals surface area (Å²) < 4.78 is 0. The van der Waals surface area contributed by atoms with E-state index in [1.54, 1.807) is 0 Å². The summed E-state index contributed by atoms with van der Waals surface area (Å²) in [5.41, 5.74) is 1.19. The topological polar surface area (TPSA) is 15.3 Å². The molecule has 0 spiro atoms. The fourth-order valence-corrected chi connectivity index (χ4v) is 2.97. The molecule has 1 N–H and O–H groups in total. The van der Waals surface area contributed by atoms with Crippen molar-refractivity contribution in [3.8, 4) is 0 Å². The molecule has 1 atom stereocenters. The fraction of sp³-hybridized carbons (Fsp3) is 0.571. The molecule has 4 heteroatoms. The van der Waals surface area contributed by atoms with Crippen molar-refractivity contribution in [1.29, 1.82) is 0 Å². The molecule has 2 aliphatic rings. The van der Waals surface area contributed by atoms with Crippen LogP contribution in [0.2, 0.25) is 10.0 Å². The van der Waals surface area contributed by atoms with Gasteiger partial charge in [0.2, 0.25) is 0 Å². The van der Waals surface area contributed by atoms with Gasteiger partial charge in [-0.1, -0.05) is 23.2 Å². The molecular formula is C14H18Cl2N2. The third-order valence-electron chi connectivity index (χ3n) is 3.89. The Bertz CT molecular complexity index is 432. The predicted molar refractivity (Wildman–Crippen MR) is 77.8 cm³/mol. The Morgan fingerprint density at radius 3 is 2.72 bits per heavy atom. The van der Waals surface area contributed by atoms with E-state index in [9.17, 15) is 0 Å². The summed E-state index contributed by atoms with van der Waals surface area (Å²) in [5.74, 6) is 0.883. The molecule has 1 heterocycles. The van der Waals surface area contributed by atoms with Crippen LogP contribution in [0.4, 0.5) is 5.69 Å². The van der Waals surface area contributed by atoms with Crippen molar-refractivity contribution in [1.82, 2.24) is 5.32 Å². The number of nitrogens with zero attached hydrogens (tertiary/aromatic N) is 1. The minimum Gasteiger partial charge on any atom is -0.370 e. The third kappa shape index (κ3) is 2.76. The zero-order valence-electron chi connectivity index (χ0n) is 10.3. The van der Waals surface area contributed by atoms with Crippen molar-refractivity contribution in [2.75, 3.05) is 24.5 Å². The number of rotatable bonds is 2. The van der Waals surface area contributed by atoms with Gasteiger partial charge in [0.15, 0.2) is 0 Å². The summed E-state index contributed by atoms with van der Waals surface area (Å²) in [6, 6.07) is 6.59. The summed E-state index contributed by atoms with van der Waals surface area (Å²) in [6.45, 7) is 3.30. The Kier molecular flexibility index (Phi) is 3.69. The summed E-state index contributed by atoms with van der Waals surface area (Å²) in [4.78, 5) is 2.44. The molecule has 1 aliphatic heterocycles. The van der Waals surface area contributed by atoms with Crippen LogP contribution in [-0.2, 0) is 0 Å². The van der Waals surface area contributed by atoms with Gasteiger partial charge in [0.1, 0.15) is 0 Å². The van der Waals surface area contributed by atoms with E-state index in [1.165, 1.54) is 24.9 Å². The van der Waals surface area contributed by atoms with Crippen molar-refractivity contribution in [3.63, 3.8) is 0 Å². The van der Waals surface area contributed by atoms with E-state index in [0.29, 0.717) is 16.1 Å². The lowest BCUT2D eigenvalue weighted by atomic mass is 10.1. The van der Waals surface area contributed by atoms with Crippen LogP contribution in [0.25, 0.3) is 0 Å². The second kappa shape index (κ2) is 5.28. The van der Waals surface area contributed by atoms with E-state index in [1.807, 2.05) is 12.1 Å². The Morgan fingerprint density at radius 1 is 1.17 bits per heavy atom. The monoisotopic (exact) mass is 284 g/mol. The number of hydrogen-bond donors (Lipinski definition) is 1. The maximum atomic E-state index is 6.11. The lowest BCUT2D eigenvalue weighted by Gasteiger charge is -2.26. The first-order chi connectivity index (χ1) is 8.74. The second-order valence-electron chi connectivity index (χ2n) is 5.30. The highest BCUT2D eigenvalue weighted by Crippen LogP contribution is 2.35. The molecule has 18 heavy (non-hydrogen) atoms. The largest absolute Gasteiger partial charge is 0.370 e. The molecule has 2 nitrogen and oxygen atoms in total. The number of halogens is 2. The predicted octanol–water partition coefficient (Wildman–Crippen LogP) is 3.57. The Hall–Kier alpha value is -0.440. The number of nitrogens with one attached hydrogen (secondary N) is 1. The zero-order chi connectivity index (χ0) is 12.5. The van der Waals surface area contributed by atoms with Crippen LogP contribution in [-0.4, -0.2) is 25.7 Å². The lowest BCUT2D eigenvalue weighted by Crippen LogP contribution is -2.39. The molecule has 2 fully saturated rings. The maximum absolute atomic E-state index is 6.11. The van der Waals surface area contributed by atoms with Gasteiger partial charge in [0.05, 0.1) is 10.0 Å². The molecule has 1 saturated carbocycles. The summed E-state index contributed by atoms with van der Waals surface area (Å²) in [7, 11) is 0. The van der Waals surface area contributed by atoms with E-state index in [2.05, 4.69) is 16.3 Å². The number of benzene rings is 1. The minimum absolute atomic E-state index is 0.632. The van der Waals surface area contributed by atoms with Gasteiger partial charge < -0.3 is 10.2 Å². The highest BCUT2D eigenvalue weighted by Gasteiger charge is 2.33. The average Bonchev–Trinajstić information content (AvgIpc) is 3.16. The first kappa shape index (κ1) is 12.6. The van der Waals surface area contributed by atoms with Gasteiger partial charge in [-0.2, -0.15) is 0 Å². The van der Waals surface area contributed by atoms with E-state index in [-0.39, 0.29) is 0 Å². The smallest absolute Gasteiger partial charge is 0.0612 e. The van der Waals surface area contributed by atoms with Gasteiger partial charge in [0.25, 0.3) is 0 Å². The second-order valence-corrected chi connectivity index (χ2v) is 6.11. The van der Waals surface area contributed by atoms with Crippen LogP contribution >= 0.6 is 23.2 Å². The standard InChI is InChI=1S/C14H18Cl2N2/c15-12-5-4-11(8-13(12)16)18-7-1-6-17-14(9-18)10-2-3-10/h4-5,8,10,14,17H,1-3,6-7,9H2. The van der Waals surface area contributed by atoms with E-state index >= 15 is 0 Å². The van der Waals surface area contributed by atoms with E-state index in [0.717, 1.165) is 25.6 Å². The molecule has 1 aliphatic carbocycles. The molecule has 98 valence electrons. The van der Waals surface area contributed by atoms with Crippen LogP contribution in [0, 0.1) is 5.92 Å². The van der Waals surface area contributed by atoms with Crippen LogP contribution < -0.4 is 10.2 Å². The summed E-state index contributed by atoms with van der Waals surface area (Å²) >= 11 is 12.1. The van der Waals surface area contributed by atoms with E-state index < -0.39 is 0 Å². The molecule has 1 saturated heterocycles. The van der Waals surface area contributed by atoms with Gasteiger partial charge in [-0.05, 0) is 49.9 Å². The maximum Gasteiger partial charge on any atom is 0.0612 e. The molecule has 1 aromatic rings. The SMILES string of the molecule is Clc1ccc(N2CCCNC(C3CC3)C2)cc1Cl. The minimum atomic E-state index is 0.632. The van der Waals surface area contributed by atoms with Crippen LogP contribution in [0.5, 0.6) is 0 Å². The molecule has 0 bridgehead atoms. The third-order valence-corrected chi connectivity index (χ3v) is 4.63. The van der Waals surface area contributed by atoms with Gasteiger partial charge >= 0.3 is 0 Å². The quantitative estimate of drug-likeness (QED) is 0.893. The van der Waals surface area contributed by atoms with E-state index in [4.69, 9.17) is 23.2 Å². The first-order valence-electron chi connectivity index (χ1n) is 6.67. The van der Waals surface area contributed by atoms with Gasteiger partial charge in [-0.3, -0.25) is 0 Å². The van der Waals surface area contributed by atoms with Crippen LogP contribution in [0.15, 0.2) is 18.2 Å². The Balaban J connectivity index is 1.78. The molecule has 0 amide bonds. The van der Waals surface area contributed by atoms with Crippen LogP contribution in [0.3, 0.4) is 0 Å². The van der Waals surface area contributed by atoms with Crippen molar-refractivity contribution < 1.29 is 0 Å². The number of hydrogen-bond acceptors (Lipinski definition) is 2. The summed E-state index contributed by atoms with van der Waals surface area (Å²) in [6.07, 6.45) is 3.95. The van der Waals surface area contributed by atoms with Crippen molar-refractivity contribution in [2.24, 2.45) is 5.92 Å². The molecule has 3 rings (SSSR count). The molecular weight excluding hydrogens is 267 g/mol. The normalized spacial score (nSPS) is 25.0. The highest BCUT2D eigenvalue weighted by molar-refractivity contribution is 6.42. The zero-order valence-corrected chi connectivity index (χ0v) is 11.8. The highest BCUT2D eigenvalue weighted by atomic mass is 35.5. The Morgan fingerprint density at radius 2 is 2.00 bits per heavy atom. The average molecular weight is 285 g/mol. The van der Waals surface area contributed by atoms with Gasteiger partial charge in [0, 0.05) is 24.8 Å². The first-order valence-corrected chi connectivity index (χ1v) is 7.43. The van der Waals surface area contributed by atoms with Crippen molar-refractivity contribution in [3.05, 3.63) is 28.2 Å². The fourth-order valence-electron chi connectivity index (χ4n) is 2.68. The lowest BCUT2D eigenvalue weighted by molar-refractivity contribution is 0.490. The molecule has 1 aromatic carbocycles. The molecule has 0 aromatic heterocycles. The van der Waals surface area contributed by atoms with Crippen LogP contribution in [0.1, 0.15) is 19.3 Å². The molecule has 1 unspecified atom stereocenters. The van der Waals surface area contributed by atoms with Crippen molar-refractivity contribution in [2.45, 2.75) is 25.3 Å².